The average molecular weight is 943 g/mol. The van der Waals surface area contributed by atoms with Gasteiger partial charge in [-0.15, -0.1) is 0 Å². The van der Waals surface area contributed by atoms with Crippen LogP contribution in [-0.2, 0) is 28.6 Å². The molecule has 0 unspecified atom stereocenters. The van der Waals surface area contributed by atoms with Crippen LogP contribution in [0.1, 0.15) is 290 Å². The lowest BCUT2D eigenvalue weighted by Gasteiger charge is -2.22. The number of hydrogen-bond donors (Lipinski definition) is 0. The maximum Gasteiger partial charge on any atom is 0.305 e. The third-order valence-corrected chi connectivity index (χ3v) is 12.9. The lowest BCUT2D eigenvalue weighted by molar-refractivity contribution is -0.144. The third-order valence-electron chi connectivity index (χ3n) is 12.9. The Morgan fingerprint density at radius 1 is 0.284 bits per heavy atom. The molecule has 7 nitrogen and oxygen atoms in total. The lowest BCUT2D eigenvalue weighted by atomic mass is 10.1. The summed E-state index contributed by atoms with van der Waals surface area (Å²) in [6, 6.07) is 0. The molecule has 0 N–H and O–H groups in total. The Morgan fingerprint density at radius 3 is 0.701 bits per heavy atom. The summed E-state index contributed by atoms with van der Waals surface area (Å²) >= 11 is 0. The molecule has 0 aliphatic rings. The van der Waals surface area contributed by atoms with Crippen LogP contribution in [0.5, 0.6) is 0 Å². The minimum absolute atomic E-state index is 0.157. The molecular formula is C60H111NO6. The van der Waals surface area contributed by atoms with E-state index in [2.05, 4.69) is 62.1 Å². The molecule has 0 aromatic heterocycles. The highest BCUT2D eigenvalue weighted by Gasteiger charge is 2.12. The van der Waals surface area contributed by atoms with Gasteiger partial charge in [-0.25, -0.2) is 0 Å². The quantitative estimate of drug-likeness (QED) is 0.0260. The second kappa shape index (κ2) is 56.2. The summed E-state index contributed by atoms with van der Waals surface area (Å²) in [6.45, 7) is 9.15. The molecule has 0 aromatic carbocycles. The van der Waals surface area contributed by atoms with Crippen LogP contribution in [0.4, 0.5) is 0 Å². The molecule has 0 bridgehead atoms. The first-order valence-corrected chi connectivity index (χ1v) is 29.2. The molecule has 67 heavy (non-hydrogen) atoms. The van der Waals surface area contributed by atoms with Gasteiger partial charge in [0.1, 0.15) is 19.8 Å². The number of unbranched alkanes of at least 4 members (excludes halogenated alkanes) is 33. The van der Waals surface area contributed by atoms with Crippen LogP contribution in [0.15, 0.2) is 36.5 Å². The van der Waals surface area contributed by atoms with Crippen molar-refractivity contribution in [1.29, 1.82) is 0 Å². The Balaban J connectivity index is 4.35. The van der Waals surface area contributed by atoms with E-state index in [1.54, 1.807) is 0 Å². The van der Waals surface area contributed by atoms with Gasteiger partial charge in [0.2, 0.25) is 0 Å². The van der Waals surface area contributed by atoms with Gasteiger partial charge in [-0.1, -0.05) is 211 Å². The average Bonchev–Trinajstić information content (AvgIpc) is 3.32. The summed E-state index contributed by atoms with van der Waals surface area (Å²) in [5.41, 5.74) is 0. The van der Waals surface area contributed by atoms with Crippen LogP contribution < -0.4 is 0 Å². The summed E-state index contributed by atoms with van der Waals surface area (Å²) in [5, 5.41) is 0. The van der Waals surface area contributed by atoms with E-state index in [0.29, 0.717) is 38.9 Å². The van der Waals surface area contributed by atoms with Gasteiger partial charge in [0.15, 0.2) is 0 Å². The first-order chi connectivity index (χ1) is 33.0. The van der Waals surface area contributed by atoms with Gasteiger partial charge < -0.3 is 14.2 Å². The second-order valence-electron chi connectivity index (χ2n) is 19.5. The molecule has 392 valence electrons. The molecule has 0 saturated heterocycles. The molecule has 0 amide bonds. The molecule has 0 spiro atoms. The summed E-state index contributed by atoms with van der Waals surface area (Å²) < 4.78 is 16.8. The highest BCUT2D eigenvalue weighted by molar-refractivity contribution is 5.70. The van der Waals surface area contributed by atoms with E-state index in [1.807, 2.05) is 0 Å². The second-order valence-corrected chi connectivity index (χ2v) is 19.5. The molecule has 7 heteroatoms. The smallest absolute Gasteiger partial charge is 0.305 e. The SMILES string of the molecule is CCCCCCCC/C=C\CCCCCCCC(=O)OCCN(CCOC(=O)CCCCCCC/C=C\CCCCCCCC)CCOC(=O)CCCCCCC/C=C\CCCCCCCC. The number of carbonyl (C=O) groups is 3. The fraction of sp³-hybridized carbons (Fsp3) is 0.850. The molecule has 0 heterocycles. The standard InChI is InChI=1S/C60H111NO6/c1-4-7-10-13-16-19-22-25-28-31-34-37-40-43-46-49-58(62)65-55-52-61(53-56-66-59(63)50-47-44-41-38-35-32-29-26-23-20-17-14-11-8-5-2)54-57-67-60(64)51-48-45-42-39-36-33-30-27-24-21-18-15-12-9-6-3/h25-30H,4-24,31-57H2,1-3H3/b28-25-,29-26-,30-27-. The Bertz CT molecular complexity index is 996. The number of hydrogen-bond acceptors (Lipinski definition) is 7. The molecule has 0 aliphatic heterocycles. The van der Waals surface area contributed by atoms with E-state index in [0.717, 1.165) is 77.0 Å². The maximum atomic E-state index is 12.5. The van der Waals surface area contributed by atoms with Crippen molar-refractivity contribution in [2.75, 3.05) is 39.5 Å². The summed E-state index contributed by atoms with van der Waals surface area (Å²) in [5.74, 6) is -0.471. The van der Waals surface area contributed by atoms with Gasteiger partial charge in [-0.05, 0) is 96.3 Å². The van der Waals surface area contributed by atoms with Crippen LogP contribution in [0.2, 0.25) is 0 Å². The van der Waals surface area contributed by atoms with E-state index in [9.17, 15) is 14.4 Å². The number of allylic oxidation sites excluding steroid dienone is 6. The fourth-order valence-corrected chi connectivity index (χ4v) is 8.44. The zero-order valence-electron chi connectivity index (χ0n) is 44.8. The molecule has 0 radical (unpaired) electrons. The number of rotatable bonds is 54. The highest BCUT2D eigenvalue weighted by atomic mass is 16.5. The van der Waals surface area contributed by atoms with E-state index >= 15 is 0 Å². The maximum absolute atomic E-state index is 12.5. The van der Waals surface area contributed by atoms with Crippen molar-refractivity contribution in [2.45, 2.75) is 290 Å². The molecule has 0 atom stereocenters. The van der Waals surface area contributed by atoms with Gasteiger partial charge in [0.05, 0.1) is 0 Å². The first-order valence-electron chi connectivity index (χ1n) is 29.2. The molecule has 0 aliphatic carbocycles. The summed E-state index contributed by atoms with van der Waals surface area (Å²) in [7, 11) is 0. The van der Waals surface area contributed by atoms with Crippen LogP contribution in [-0.4, -0.2) is 62.3 Å². The van der Waals surface area contributed by atoms with Crippen LogP contribution in [0.3, 0.4) is 0 Å². The predicted molar refractivity (Wildman–Crippen MR) is 288 cm³/mol. The minimum Gasteiger partial charge on any atom is -0.464 e. The van der Waals surface area contributed by atoms with Crippen LogP contribution in [0.25, 0.3) is 0 Å². The molecular weight excluding hydrogens is 831 g/mol. The Kier molecular flexibility index (Phi) is 54.2. The van der Waals surface area contributed by atoms with Crippen molar-refractivity contribution >= 4 is 17.9 Å². The highest BCUT2D eigenvalue weighted by Crippen LogP contribution is 2.14. The van der Waals surface area contributed by atoms with E-state index in [-0.39, 0.29) is 37.7 Å². The lowest BCUT2D eigenvalue weighted by Crippen LogP contribution is -2.35. The van der Waals surface area contributed by atoms with Crippen molar-refractivity contribution in [2.24, 2.45) is 0 Å². The number of nitrogens with zero attached hydrogens (tertiary/aromatic N) is 1. The number of ether oxygens (including phenoxy) is 3. The molecule has 0 fully saturated rings. The molecule has 0 rings (SSSR count). The van der Waals surface area contributed by atoms with Crippen LogP contribution >= 0.6 is 0 Å². The van der Waals surface area contributed by atoms with Crippen molar-refractivity contribution < 1.29 is 28.6 Å². The van der Waals surface area contributed by atoms with Gasteiger partial charge in [0, 0.05) is 38.9 Å². The molecule has 0 aromatic rings. The minimum atomic E-state index is -0.157. The van der Waals surface area contributed by atoms with Crippen molar-refractivity contribution in [3.05, 3.63) is 36.5 Å². The monoisotopic (exact) mass is 942 g/mol. The zero-order valence-corrected chi connectivity index (χ0v) is 44.8. The van der Waals surface area contributed by atoms with Gasteiger partial charge in [-0.3, -0.25) is 19.3 Å². The van der Waals surface area contributed by atoms with Gasteiger partial charge in [0.25, 0.3) is 0 Å². The fourth-order valence-electron chi connectivity index (χ4n) is 8.44. The van der Waals surface area contributed by atoms with Crippen LogP contribution in [0, 0.1) is 0 Å². The van der Waals surface area contributed by atoms with Crippen molar-refractivity contribution in [1.82, 2.24) is 4.90 Å². The van der Waals surface area contributed by atoms with E-state index < -0.39 is 0 Å². The Morgan fingerprint density at radius 2 is 0.478 bits per heavy atom. The van der Waals surface area contributed by atoms with Crippen molar-refractivity contribution in [3.8, 4) is 0 Å². The number of carbonyl (C=O) groups excluding carboxylic acids is 3. The van der Waals surface area contributed by atoms with Gasteiger partial charge >= 0.3 is 17.9 Å². The van der Waals surface area contributed by atoms with E-state index in [1.165, 1.54) is 173 Å². The Labute approximate surface area is 416 Å². The first kappa shape index (κ1) is 64.6. The topological polar surface area (TPSA) is 82.1 Å². The number of esters is 3. The summed E-state index contributed by atoms with van der Waals surface area (Å²) in [4.78, 5) is 39.7. The predicted octanol–water partition coefficient (Wildman–Crippen LogP) is 18.0. The third kappa shape index (κ3) is 54.4. The van der Waals surface area contributed by atoms with Crippen molar-refractivity contribution in [3.63, 3.8) is 0 Å². The molecule has 0 saturated carbocycles. The largest absolute Gasteiger partial charge is 0.464 e. The Hall–Kier alpha value is -2.41. The zero-order chi connectivity index (χ0) is 48.6. The normalized spacial score (nSPS) is 11.8. The van der Waals surface area contributed by atoms with E-state index in [4.69, 9.17) is 14.2 Å². The summed E-state index contributed by atoms with van der Waals surface area (Å²) in [6.07, 6.45) is 63.3. The van der Waals surface area contributed by atoms with Gasteiger partial charge in [-0.2, -0.15) is 0 Å².